The van der Waals surface area contributed by atoms with Crippen molar-refractivity contribution in [2.75, 3.05) is 13.1 Å². The lowest BCUT2D eigenvalue weighted by Gasteiger charge is -2.17. The predicted octanol–water partition coefficient (Wildman–Crippen LogP) is 3.64. The van der Waals surface area contributed by atoms with Gasteiger partial charge >= 0.3 is 0 Å². The minimum atomic E-state index is 0.0700. The highest BCUT2D eigenvalue weighted by molar-refractivity contribution is 6.30. The molecule has 1 aliphatic heterocycles. The van der Waals surface area contributed by atoms with E-state index in [-0.39, 0.29) is 5.91 Å². The summed E-state index contributed by atoms with van der Waals surface area (Å²) in [6.07, 6.45) is 3.88. The van der Waals surface area contributed by atoms with Crippen molar-refractivity contribution in [1.82, 2.24) is 9.88 Å². The topological polar surface area (TPSA) is 33.2 Å². The van der Waals surface area contributed by atoms with Gasteiger partial charge < -0.3 is 4.90 Å². The Labute approximate surface area is 123 Å². The third-order valence-corrected chi connectivity index (χ3v) is 3.80. The fourth-order valence-corrected chi connectivity index (χ4v) is 2.63. The zero-order valence-electron chi connectivity index (χ0n) is 11.1. The Morgan fingerprint density at radius 3 is 2.50 bits per heavy atom. The van der Waals surface area contributed by atoms with Crippen molar-refractivity contribution >= 4 is 17.5 Å². The molecule has 3 rings (SSSR count). The van der Waals surface area contributed by atoms with Gasteiger partial charge in [0.15, 0.2) is 0 Å². The summed E-state index contributed by atoms with van der Waals surface area (Å²) in [6.45, 7) is 1.68. The average molecular weight is 287 g/mol. The standard InChI is InChI=1S/C16H15ClN2O/c17-13-7-5-12(6-8-13)15-14(4-3-9-18-15)16(20)19-10-1-2-11-19/h3-9H,1-2,10-11H2. The van der Waals surface area contributed by atoms with E-state index in [1.807, 2.05) is 41.3 Å². The minimum absolute atomic E-state index is 0.0700. The summed E-state index contributed by atoms with van der Waals surface area (Å²) >= 11 is 5.91. The summed E-state index contributed by atoms with van der Waals surface area (Å²) in [6, 6.07) is 11.1. The molecule has 102 valence electrons. The number of hydrogen-bond acceptors (Lipinski definition) is 2. The maximum atomic E-state index is 12.6. The highest BCUT2D eigenvalue weighted by Crippen LogP contribution is 2.25. The summed E-state index contributed by atoms with van der Waals surface area (Å²) in [5.41, 5.74) is 2.30. The highest BCUT2D eigenvalue weighted by Gasteiger charge is 2.22. The van der Waals surface area contributed by atoms with E-state index in [4.69, 9.17) is 11.6 Å². The molecule has 0 saturated carbocycles. The lowest BCUT2D eigenvalue weighted by molar-refractivity contribution is 0.0793. The molecular formula is C16H15ClN2O. The first kappa shape index (κ1) is 13.1. The van der Waals surface area contributed by atoms with Gasteiger partial charge in [-0.15, -0.1) is 0 Å². The van der Waals surface area contributed by atoms with Gasteiger partial charge in [0.2, 0.25) is 0 Å². The quantitative estimate of drug-likeness (QED) is 0.844. The zero-order valence-corrected chi connectivity index (χ0v) is 11.8. The van der Waals surface area contributed by atoms with Gasteiger partial charge in [-0.2, -0.15) is 0 Å². The number of carbonyl (C=O) groups excluding carboxylic acids is 1. The molecule has 1 aliphatic rings. The monoisotopic (exact) mass is 286 g/mol. The first-order valence-electron chi connectivity index (χ1n) is 6.76. The highest BCUT2D eigenvalue weighted by atomic mass is 35.5. The van der Waals surface area contributed by atoms with Crippen LogP contribution in [-0.4, -0.2) is 28.9 Å². The van der Waals surface area contributed by atoms with E-state index in [9.17, 15) is 4.79 Å². The van der Waals surface area contributed by atoms with E-state index in [0.717, 1.165) is 37.2 Å². The Morgan fingerprint density at radius 1 is 1.10 bits per heavy atom. The van der Waals surface area contributed by atoms with Crippen LogP contribution in [0.15, 0.2) is 42.6 Å². The van der Waals surface area contributed by atoms with Gasteiger partial charge in [-0.25, -0.2) is 0 Å². The van der Waals surface area contributed by atoms with E-state index in [1.165, 1.54) is 0 Å². The zero-order chi connectivity index (χ0) is 13.9. The second-order valence-corrected chi connectivity index (χ2v) is 5.34. The van der Waals surface area contributed by atoms with Crippen molar-refractivity contribution < 1.29 is 4.79 Å². The van der Waals surface area contributed by atoms with Crippen LogP contribution in [0.4, 0.5) is 0 Å². The molecule has 0 bridgehead atoms. The van der Waals surface area contributed by atoms with Gasteiger partial charge in [0.25, 0.3) is 5.91 Å². The van der Waals surface area contributed by atoms with Gasteiger partial charge in [-0.3, -0.25) is 9.78 Å². The molecule has 20 heavy (non-hydrogen) atoms. The van der Waals surface area contributed by atoms with E-state index < -0.39 is 0 Å². The number of amides is 1. The average Bonchev–Trinajstić information content (AvgIpc) is 3.02. The first-order chi connectivity index (χ1) is 9.75. The SMILES string of the molecule is O=C(c1cccnc1-c1ccc(Cl)cc1)N1CCCC1. The van der Waals surface area contributed by atoms with Crippen LogP contribution in [0.1, 0.15) is 23.2 Å². The number of halogens is 1. The van der Waals surface area contributed by atoms with E-state index in [0.29, 0.717) is 10.6 Å². The van der Waals surface area contributed by atoms with Crippen LogP contribution < -0.4 is 0 Å². The maximum absolute atomic E-state index is 12.6. The summed E-state index contributed by atoms with van der Waals surface area (Å²) in [5, 5.41) is 0.678. The van der Waals surface area contributed by atoms with Crippen molar-refractivity contribution in [3.63, 3.8) is 0 Å². The first-order valence-corrected chi connectivity index (χ1v) is 7.14. The Kier molecular flexibility index (Phi) is 3.70. The molecule has 4 heteroatoms. The van der Waals surface area contributed by atoms with Crippen molar-refractivity contribution in [1.29, 1.82) is 0 Å². The molecule has 1 amide bonds. The Bertz CT molecular complexity index is 619. The molecule has 0 radical (unpaired) electrons. The summed E-state index contributed by atoms with van der Waals surface area (Å²) in [7, 11) is 0. The number of hydrogen-bond donors (Lipinski definition) is 0. The molecule has 2 aromatic rings. The number of rotatable bonds is 2. The van der Waals surface area contributed by atoms with Crippen molar-refractivity contribution in [2.24, 2.45) is 0 Å². The van der Waals surface area contributed by atoms with E-state index >= 15 is 0 Å². The summed E-state index contributed by atoms with van der Waals surface area (Å²) in [4.78, 5) is 18.8. The van der Waals surface area contributed by atoms with E-state index in [1.54, 1.807) is 6.20 Å². The fourth-order valence-electron chi connectivity index (χ4n) is 2.51. The second kappa shape index (κ2) is 5.63. The lowest BCUT2D eigenvalue weighted by Crippen LogP contribution is -2.28. The van der Waals surface area contributed by atoms with Gasteiger partial charge in [-0.1, -0.05) is 23.7 Å². The number of pyridine rings is 1. The van der Waals surface area contributed by atoms with Crippen LogP contribution >= 0.6 is 11.6 Å². The predicted molar refractivity (Wildman–Crippen MR) is 79.8 cm³/mol. The largest absolute Gasteiger partial charge is 0.339 e. The smallest absolute Gasteiger partial charge is 0.256 e. The van der Waals surface area contributed by atoms with Crippen LogP contribution in [0.25, 0.3) is 11.3 Å². The molecular weight excluding hydrogens is 272 g/mol. The third-order valence-electron chi connectivity index (χ3n) is 3.55. The molecule has 0 N–H and O–H groups in total. The van der Waals surface area contributed by atoms with E-state index in [2.05, 4.69) is 4.98 Å². The third kappa shape index (κ3) is 2.54. The lowest BCUT2D eigenvalue weighted by atomic mass is 10.0. The maximum Gasteiger partial charge on any atom is 0.256 e. The second-order valence-electron chi connectivity index (χ2n) is 4.91. The Balaban J connectivity index is 1.99. The van der Waals surface area contributed by atoms with Crippen LogP contribution in [0.5, 0.6) is 0 Å². The van der Waals surface area contributed by atoms with Gasteiger partial charge in [0.1, 0.15) is 0 Å². The number of benzene rings is 1. The summed E-state index contributed by atoms with van der Waals surface area (Å²) < 4.78 is 0. The molecule has 3 nitrogen and oxygen atoms in total. The van der Waals surface area contributed by atoms with Crippen molar-refractivity contribution in [3.05, 3.63) is 53.2 Å². The van der Waals surface area contributed by atoms with Crippen LogP contribution in [0.2, 0.25) is 5.02 Å². The van der Waals surface area contributed by atoms with Crippen molar-refractivity contribution in [3.8, 4) is 11.3 Å². The molecule has 2 heterocycles. The van der Waals surface area contributed by atoms with Crippen molar-refractivity contribution in [2.45, 2.75) is 12.8 Å². The molecule has 1 aromatic carbocycles. The van der Waals surface area contributed by atoms with Crippen LogP contribution in [0.3, 0.4) is 0 Å². The molecule has 0 aliphatic carbocycles. The van der Waals surface area contributed by atoms with Crippen LogP contribution in [0, 0.1) is 0 Å². The molecule has 0 unspecified atom stereocenters. The Hall–Kier alpha value is -1.87. The van der Waals surface area contributed by atoms with Gasteiger partial charge in [0, 0.05) is 29.9 Å². The van der Waals surface area contributed by atoms with Gasteiger partial charge in [0.05, 0.1) is 11.3 Å². The fraction of sp³-hybridized carbons (Fsp3) is 0.250. The molecule has 1 saturated heterocycles. The Morgan fingerprint density at radius 2 is 1.80 bits per heavy atom. The molecule has 0 atom stereocenters. The minimum Gasteiger partial charge on any atom is -0.339 e. The molecule has 1 aromatic heterocycles. The number of carbonyl (C=O) groups is 1. The number of aromatic nitrogens is 1. The normalized spacial score (nSPS) is 14.6. The number of likely N-dealkylation sites (tertiary alicyclic amines) is 1. The van der Waals surface area contributed by atoms with Gasteiger partial charge in [-0.05, 0) is 37.1 Å². The number of nitrogens with zero attached hydrogens (tertiary/aromatic N) is 2. The molecule has 0 spiro atoms. The molecule has 1 fully saturated rings. The van der Waals surface area contributed by atoms with Crippen LogP contribution in [-0.2, 0) is 0 Å². The summed E-state index contributed by atoms with van der Waals surface area (Å²) in [5.74, 6) is 0.0700.